The largest absolute Gasteiger partial charge is 0.493 e. The number of unbranched alkanes of at least 4 members (excludes halogenated alkanes) is 1. The van der Waals surface area contributed by atoms with Gasteiger partial charge in [-0.25, -0.2) is 0 Å². The van der Waals surface area contributed by atoms with Crippen molar-refractivity contribution in [3.05, 3.63) is 28.8 Å². The molecule has 1 aromatic rings. The third-order valence-corrected chi connectivity index (χ3v) is 4.17. The Hall–Kier alpha value is -1.10. The molecule has 0 fully saturated rings. The van der Waals surface area contributed by atoms with E-state index in [0.29, 0.717) is 33.0 Å². The van der Waals surface area contributed by atoms with Crippen molar-refractivity contribution in [3.8, 4) is 5.75 Å². The number of hydrogen-bond acceptors (Lipinski definition) is 4. The van der Waals surface area contributed by atoms with Crippen LogP contribution in [-0.4, -0.2) is 39.6 Å². The van der Waals surface area contributed by atoms with Gasteiger partial charge in [-0.05, 0) is 35.6 Å². The predicted octanol–water partition coefficient (Wildman–Crippen LogP) is 3.92. The van der Waals surface area contributed by atoms with Crippen LogP contribution < -0.4 is 4.74 Å². The highest BCUT2D eigenvalue weighted by atomic mass is 16.5. The van der Waals surface area contributed by atoms with E-state index >= 15 is 0 Å². The van der Waals surface area contributed by atoms with Crippen molar-refractivity contribution in [2.45, 2.75) is 52.6 Å². The molecule has 0 bridgehead atoms. The first kappa shape index (κ1) is 19.2. The van der Waals surface area contributed by atoms with E-state index in [2.05, 4.69) is 26.0 Å². The van der Waals surface area contributed by atoms with Crippen LogP contribution in [0.4, 0.5) is 0 Å². The van der Waals surface area contributed by atoms with Gasteiger partial charge < -0.3 is 18.9 Å². The molecule has 0 atom stereocenters. The normalized spacial score (nSPS) is 13.1. The second-order valence-corrected chi connectivity index (χ2v) is 6.21. The monoisotopic (exact) mass is 336 g/mol. The van der Waals surface area contributed by atoms with Gasteiger partial charge in [-0.15, -0.1) is 0 Å². The highest BCUT2D eigenvalue weighted by Gasteiger charge is 2.15. The minimum atomic E-state index is 0.610. The summed E-state index contributed by atoms with van der Waals surface area (Å²) in [5.41, 5.74) is 3.99. The zero-order valence-corrected chi connectivity index (χ0v) is 15.3. The van der Waals surface area contributed by atoms with Crippen molar-refractivity contribution in [1.29, 1.82) is 0 Å². The van der Waals surface area contributed by atoms with E-state index in [1.165, 1.54) is 23.1 Å². The lowest BCUT2D eigenvalue weighted by molar-refractivity contribution is 0.0101. The summed E-state index contributed by atoms with van der Waals surface area (Å²) in [4.78, 5) is 0. The van der Waals surface area contributed by atoms with Crippen LogP contribution in [0, 0.1) is 0 Å². The van der Waals surface area contributed by atoms with Gasteiger partial charge in [0.2, 0.25) is 0 Å². The Balaban J connectivity index is 1.63. The third-order valence-electron chi connectivity index (χ3n) is 4.17. The topological polar surface area (TPSA) is 36.9 Å². The van der Waals surface area contributed by atoms with Crippen LogP contribution in [-0.2, 0) is 33.7 Å². The highest BCUT2D eigenvalue weighted by molar-refractivity contribution is 5.44. The zero-order chi connectivity index (χ0) is 17.0. The summed E-state index contributed by atoms with van der Waals surface area (Å²) in [6.45, 7) is 9.17. The molecule has 1 heterocycles. The van der Waals surface area contributed by atoms with Gasteiger partial charge in [-0.2, -0.15) is 0 Å². The fourth-order valence-electron chi connectivity index (χ4n) is 2.82. The van der Waals surface area contributed by atoms with Gasteiger partial charge in [0.25, 0.3) is 0 Å². The van der Waals surface area contributed by atoms with Gasteiger partial charge in [-0.3, -0.25) is 0 Å². The van der Waals surface area contributed by atoms with Crippen LogP contribution in [0.15, 0.2) is 12.1 Å². The van der Waals surface area contributed by atoms with E-state index in [1.807, 2.05) is 0 Å². The van der Waals surface area contributed by atoms with Crippen LogP contribution >= 0.6 is 0 Å². The molecule has 1 aliphatic heterocycles. The molecule has 0 unspecified atom stereocenters. The number of ether oxygens (including phenoxy) is 4. The number of benzene rings is 1. The third kappa shape index (κ3) is 6.42. The Kier molecular flexibility index (Phi) is 9.18. The van der Waals surface area contributed by atoms with Crippen LogP contribution in [0.2, 0.25) is 0 Å². The van der Waals surface area contributed by atoms with Crippen molar-refractivity contribution in [1.82, 2.24) is 0 Å². The summed E-state index contributed by atoms with van der Waals surface area (Å²) < 4.78 is 22.5. The number of aryl methyl sites for hydroxylation is 1. The molecule has 0 aliphatic carbocycles. The Labute approximate surface area is 146 Å². The van der Waals surface area contributed by atoms with Crippen LogP contribution in [0.25, 0.3) is 0 Å². The smallest absolute Gasteiger partial charge is 0.123 e. The molecular weight excluding hydrogens is 304 g/mol. The maximum absolute atomic E-state index is 5.79. The molecule has 0 aromatic heterocycles. The fourth-order valence-corrected chi connectivity index (χ4v) is 2.82. The first-order valence-corrected chi connectivity index (χ1v) is 9.35. The summed E-state index contributed by atoms with van der Waals surface area (Å²) in [6, 6.07) is 4.46. The first-order chi connectivity index (χ1) is 11.8. The van der Waals surface area contributed by atoms with E-state index < -0.39 is 0 Å². The number of rotatable bonds is 13. The summed E-state index contributed by atoms with van der Waals surface area (Å²) in [6.07, 6.45) is 5.56. The van der Waals surface area contributed by atoms with Gasteiger partial charge in [0, 0.05) is 13.0 Å². The molecule has 24 heavy (non-hydrogen) atoms. The predicted molar refractivity (Wildman–Crippen MR) is 95.8 cm³/mol. The summed E-state index contributed by atoms with van der Waals surface area (Å²) in [7, 11) is 0. The molecule has 0 N–H and O–H groups in total. The van der Waals surface area contributed by atoms with Crippen molar-refractivity contribution in [2.24, 2.45) is 0 Å². The van der Waals surface area contributed by atoms with Crippen LogP contribution in [0.3, 0.4) is 0 Å². The van der Waals surface area contributed by atoms with Gasteiger partial charge in [0.15, 0.2) is 0 Å². The van der Waals surface area contributed by atoms with E-state index in [1.54, 1.807) is 0 Å². The molecule has 4 nitrogen and oxygen atoms in total. The van der Waals surface area contributed by atoms with E-state index in [4.69, 9.17) is 18.9 Å². The second-order valence-electron chi connectivity index (χ2n) is 6.21. The Morgan fingerprint density at radius 2 is 1.62 bits per heavy atom. The minimum Gasteiger partial charge on any atom is -0.493 e. The molecular formula is C20H32O4. The fraction of sp³-hybridized carbons (Fsp3) is 0.700. The van der Waals surface area contributed by atoms with E-state index in [-0.39, 0.29) is 0 Å². The molecule has 0 amide bonds. The van der Waals surface area contributed by atoms with Gasteiger partial charge in [0.05, 0.1) is 39.6 Å². The van der Waals surface area contributed by atoms with Crippen molar-refractivity contribution in [3.63, 3.8) is 0 Å². The molecule has 1 aliphatic rings. The van der Waals surface area contributed by atoms with Gasteiger partial charge in [0.1, 0.15) is 5.75 Å². The maximum Gasteiger partial charge on any atom is 0.123 e. The molecule has 0 saturated heterocycles. The van der Waals surface area contributed by atoms with Gasteiger partial charge >= 0.3 is 0 Å². The average Bonchev–Trinajstić information content (AvgIpc) is 3.04. The van der Waals surface area contributed by atoms with E-state index in [0.717, 1.165) is 44.6 Å². The minimum absolute atomic E-state index is 0.610. The first-order valence-electron chi connectivity index (χ1n) is 9.35. The Morgan fingerprint density at radius 1 is 0.875 bits per heavy atom. The number of fused-ring (bicyclic) bond motifs is 1. The van der Waals surface area contributed by atoms with Crippen molar-refractivity contribution >= 4 is 0 Å². The molecule has 2 rings (SSSR count). The number of hydrogen-bond donors (Lipinski definition) is 0. The van der Waals surface area contributed by atoms with Gasteiger partial charge in [-0.1, -0.05) is 32.8 Å². The second kappa shape index (κ2) is 11.5. The molecule has 0 saturated carbocycles. The lowest BCUT2D eigenvalue weighted by atomic mass is 9.99. The summed E-state index contributed by atoms with van der Waals surface area (Å²) in [5.74, 6) is 1.04. The maximum atomic E-state index is 5.79. The standard InChI is InChI=1S/C20H32O4/c1-3-5-8-21-10-11-22-12-13-23-16-19-15-20-18(7-9-24-20)14-17(19)6-4-2/h14-15H,3-13,16H2,1-2H3. The van der Waals surface area contributed by atoms with E-state index in [9.17, 15) is 0 Å². The lowest BCUT2D eigenvalue weighted by Gasteiger charge is -2.12. The zero-order valence-electron chi connectivity index (χ0n) is 15.3. The molecule has 0 radical (unpaired) electrons. The summed E-state index contributed by atoms with van der Waals surface area (Å²) >= 11 is 0. The highest BCUT2D eigenvalue weighted by Crippen LogP contribution is 2.29. The molecule has 0 spiro atoms. The molecule has 1 aromatic carbocycles. The lowest BCUT2D eigenvalue weighted by Crippen LogP contribution is -2.10. The molecule has 4 heteroatoms. The Morgan fingerprint density at radius 3 is 2.38 bits per heavy atom. The van der Waals surface area contributed by atoms with Crippen molar-refractivity contribution < 1.29 is 18.9 Å². The molecule has 136 valence electrons. The Bertz CT molecular complexity index is 473. The average molecular weight is 336 g/mol. The van der Waals surface area contributed by atoms with Crippen LogP contribution in [0.1, 0.15) is 49.8 Å². The van der Waals surface area contributed by atoms with Crippen LogP contribution in [0.5, 0.6) is 5.75 Å². The quantitative estimate of drug-likeness (QED) is 0.512. The van der Waals surface area contributed by atoms with Crippen molar-refractivity contribution in [2.75, 3.05) is 39.6 Å². The summed E-state index contributed by atoms with van der Waals surface area (Å²) in [5, 5.41) is 0. The SMILES string of the molecule is CCCCOCCOCCOCc1cc2c(cc1CCC)CCO2.